The van der Waals surface area contributed by atoms with E-state index in [0.717, 1.165) is 24.8 Å². The number of ether oxygens (including phenoxy) is 1. The van der Waals surface area contributed by atoms with Crippen LogP contribution in [0.3, 0.4) is 0 Å². The van der Waals surface area contributed by atoms with E-state index in [4.69, 9.17) is 4.74 Å². The second-order valence-corrected chi connectivity index (χ2v) is 9.18. The molecule has 33 heavy (non-hydrogen) atoms. The number of rotatable bonds is 8. The molecule has 2 rings (SSSR count). The maximum absolute atomic E-state index is 10.0. The van der Waals surface area contributed by atoms with E-state index in [1.165, 1.54) is 33.4 Å². The topological polar surface area (TPSA) is 29.5 Å². The molecule has 0 saturated heterocycles. The van der Waals surface area contributed by atoms with Gasteiger partial charge in [-0.05, 0) is 99.1 Å². The second kappa shape index (κ2) is 12.6. The van der Waals surface area contributed by atoms with Gasteiger partial charge < -0.3 is 9.84 Å². The lowest BCUT2D eigenvalue weighted by Gasteiger charge is -2.31. The van der Waals surface area contributed by atoms with Gasteiger partial charge in [-0.2, -0.15) is 0 Å². The van der Waals surface area contributed by atoms with Gasteiger partial charge in [0.05, 0.1) is 6.61 Å². The molecule has 0 aromatic heterocycles. The first-order chi connectivity index (χ1) is 15.7. The van der Waals surface area contributed by atoms with E-state index in [0.29, 0.717) is 30.6 Å². The third-order valence-corrected chi connectivity index (χ3v) is 6.80. The van der Waals surface area contributed by atoms with Gasteiger partial charge in [-0.3, -0.25) is 0 Å². The maximum atomic E-state index is 10.0. The van der Waals surface area contributed by atoms with Gasteiger partial charge in [0.2, 0.25) is 0 Å². The molecule has 2 atom stereocenters. The van der Waals surface area contributed by atoms with Gasteiger partial charge in [-0.15, -0.1) is 0 Å². The zero-order valence-electron chi connectivity index (χ0n) is 21.5. The van der Waals surface area contributed by atoms with Crippen molar-refractivity contribution in [1.82, 2.24) is 0 Å². The van der Waals surface area contributed by atoms with Crippen LogP contribution < -0.4 is 0 Å². The van der Waals surface area contributed by atoms with Crippen molar-refractivity contribution in [1.29, 1.82) is 0 Å². The highest BCUT2D eigenvalue weighted by Crippen LogP contribution is 2.39. The van der Waals surface area contributed by atoms with Crippen LogP contribution in [-0.4, -0.2) is 11.7 Å². The largest absolute Gasteiger partial charge is 0.508 e. The molecule has 0 amide bonds. The average molecular weight is 447 g/mol. The molecule has 2 unspecified atom stereocenters. The van der Waals surface area contributed by atoms with Gasteiger partial charge in [0.1, 0.15) is 5.76 Å². The molecule has 1 aromatic carbocycles. The molecule has 178 valence electrons. The van der Waals surface area contributed by atoms with Crippen molar-refractivity contribution in [2.45, 2.75) is 67.4 Å². The molecule has 2 heteroatoms. The van der Waals surface area contributed by atoms with Crippen LogP contribution in [0.2, 0.25) is 0 Å². The Balaban J connectivity index is 2.64. The van der Waals surface area contributed by atoms with Crippen molar-refractivity contribution in [2.75, 3.05) is 6.61 Å². The monoisotopic (exact) mass is 446 g/mol. The molecule has 0 bridgehead atoms. The lowest BCUT2D eigenvalue weighted by Crippen LogP contribution is -2.20. The number of benzene rings is 1. The number of hydrogen-bond donors (Lipinski definition) is 1. The Labute approximate surface area is 201 Å². The Morgan fingerprint density at radius 2 is 1.97 bits per heavy atom. The average Bonchev–Trinajstić information content (AvgIpc) is 2.77. The fourth-order valence-corrected chi connectivity index (χ4v) is 4.75. The summed E-state index contributed by atoms with van der Waals surface area (Å²) in [7, 11) is 0. The molecule has 0 saturated carbocycles. The smallest absolute Gasteiger partial charge is 0.115 e. The fraction of sp³-hybridized carbons (Fsp3) is 0.419. The lowest BCUT2D eigenvalue weighted by molar-refractivity contribution is 0.133. The van der Waals surface area contributed by atoms with E-state index in [1.807, 2.05) is 19.9 Å². The molecular weight excluding hydrogens is 404 g/mol. The fourth-order valence-electron chi connectivity index (χ4n) is 4.75. The van der Waals surface area contributed by atoms with E-state index in [9.17, 15) is 5.11 Å². The molecule has 1 aliphatic carbocycles. The SMILES string of the molecule is C=C(O)/C(=C/C)C(=C)/C=C1\CCC(C)C(/C(C)=C/C=C\C)Cc2cc(COCC)c(C)cc21. The summed E-state index contributed by atoms with van der Waals surface area (Å²) in [4.78, 5) is 0. The number of hydrogen-bond acceptors (Lipinski definition) is 2. The van der Waals surface area contributed by atoms with Crippen LogP contribution in [0.25, 0.3) is 5.57 Å². The summed E-state index contributed by atoms with van der Waals surface area (Å²) in [5, 5.41) is 10.0. The van der Waals surface area contributed by atoms with E-state index in [1.54, 1.807) is 0 Å². The zero-order valence-corrected chi connectivity index (χ0v) is 21.5. The number of aliphatic hydroxyl groups excluding tert-OH is 1. The van der Waals surface area contributed by atoms with Crippen LogP contribution in [0.1, 0.15) is 69.7 Å². The van der Waals surface area contributed by atoms with Crippen molar-refractivity contribution in [3.05, 3.63) is 100 Å². The van der Waals surface area contributed by atoms with Crippen LogP contribution in [0.5, 0.6) is 0 Å². The summed E-state index contributed by atoms with van der Waals surface area (Å²) in [6.07, 6.45) is 13.6. The van der Waals surface area contributed by atoms with Gasteiger partial charge >= 0.3 is 0 Å². The molecule has 0 radical (unpaired) electrons. The van der Waals surface area contributed by atoms with Crippen molar-refractivity contribution < 1.29 is 9.84 Å². The van der Waals surface area contributed by atoms with Crippen LogP contribution in [-0.2, 0) is 17.8 Å². The normalized spacial score (nSPS) is 21.1. The van der Waals surface area contributed by atoms with Crippen LogP contribution in [0, 0.1) is 18.8 Å². The van der Waals surface area contributed by atoms with Gasteiger partial charge in [-0.1, -0.05) is 68.2 Å². The first-order valence-corrected chi connectivity index (χ1v) is 12.2. The van der Waals surface area contributed by atoms with Crippen LogP contribution in [0.15, 0.2) is 78.1 Å². The van der Waals surface area contributed by atoms with Gasteiger partial charge in [0.15, 0.2) is 0 Å². The maximum Gasteiger partial charge on any atom is 0.115 e. The Morgan fingerprint density at radius 3 is 2.58 bits per heavy atom. The van der Waals surface area contributed by atoms with E-state index >= 15 is 0 Å². The predicted octanol–water partition coefficient (Wildman–Crippen LogP) is 8.60. The molecule has 1 N–H and O–H groups in total. The molecular formula is C31H42O2. The molecule has 0 heterocycles. The van der Waals surface area contributed by atoms with Crippen molar-refractivity contribution in [3.63, 3.8) is 0 Å². The molecule has 0 aliphatic heterocycles. The number of aliphatic hydroxyl groups is 1. The van der Waals surface area contributed by atoms with Gasteiger partial charge in [0, 0.05) is 12.2 Å². The highest BCUT2D eigenvalue weighted by atomic mass is 16.5. The molecule has 0 fully saturated rings. The van der Waals surface area contributed by atoms with Crippen molar-refractivity contribution in [3.8, 4) is 0 Å². The highest BCUT2D eigenvalue weighted by Gasteiger charge is 2.25. The minimum atomic E-state index is 0.0619. The third-order valence-electron chi connectivity index (χ3n) is 6.80. The zero-order chi connectivity index (χ0) is 24.5. The van der Waals surface area contributed by atoms with Crippen molar-refractivity contribution >= 4 is 5.57 Å². The lowest BCUT2D eigenvalue weighted by atomic mass is 9.74. The number of allylic oxidation sites excluding steroid dienone is 8. The summed E-state index contributed by atoms with van der Waals surface area (Å²) >= 11 is 0. The van der Waals surface area contributed by atoms with Gasteiger partial charge in [0.25, 0.3) is 0 Å². The Morgan fingerprint density at radius 1 is 1.24 bits per heavy atom. The quantitative estimate of drug-likeness (QED) is 0.320. The Bertz CT molecular complexity index is 984. The minimum absolute atomic E-state index is 0.0619. The summed E-state index contributed by atoms with van der Waals surface area (Å²) in [6, 6.07) is 4.68. The number of fused-ring (bicyclic) bond motifs is 1. The summed E-state index contributed by atoms with van der Waals surface area (Å²) in [5.74, 6) is 1.12. The third kappa shape index (κ3) is 6.95. The second-order valence-electron chi connectivity index (χ2n) is 9.18. The Kier molecular flexibility index (Phi) is 10.2. The molecule has 0 spiro atoms. The number of aryl methyl sites for hydroxylation is 1. The molecule has 1 aliphatic rings. The summed E-state index contributed by atoms with van der Waals surface area (Å²) in [5.41, 5.74) is 9.39. The molecule has 2 nitrogen and oxygen atoms in total. The summed E-state index contributed by atoms with van der Waals surface area (Å²) < 4.78 is 5.77. The van der Waals surface area contributed by atoms with E-state index in [-0.39, 0.29) is 5.76 Å². The molecule has 1 aromatic rings. The van der Waals surface area contributed by atoms with Crippen LogP contribution in [0.4, 0.5) is 0 Å². The Hall–Kier alpha value is -2.58. The first kappa shape index (κ1) is 26.7. The van der Waals surface area contributed by atoms with Crippen molar-refractivity contribution in [2.24, 2.45) is 11.8 Å². The summed E-state index contributed by atoms with van der Waals surface area (Å²) in [6.45, 7) is 22.1. The predicted molar refractivity (Wildman–Crippen MR) is 143 cm³/mol. The highest BCUT2D eigenvalue weighted by molar-refractivity contribution is 5.74. The first-order valence-electron chi connectivity index (χ1n) is 12.2. The van der Waals surface area contributed by atoms with E-state index < -0.39 is 0 Å². The van der Waals surface area contributed by atoms with E-state index in [2.05, 4.69) is 77.3 Å². The van der Waals surface area contributed by atoms with Gasteiger partial charge in [-0.25, -0.2) is 0 Å². The minimum Gasteiger partial charge on any atom is -0.508 e. The standard InChI is InChI=1S/C31H42O2/c1-9-12-13-21(4)30-19-27-18-28(20-33-11-3)23(6)17-31(27)26(15-14-22(30)5)16-24(7)29(10-2)25(8)32/h9-10,12-13,16-18,22,30,32H,7-8,11,14-15,19-20H2,1-6H3/b12-9-,21-13+,26-16+,29-10+. The van der Waals surface area contributed by atoms with Crippen LogP contribution >= 0.6 is 0 Å².